The van der Waals surface area contributed by atoms with Gasteiger partial charge in [0.1, 0.15) is 17.4 Å². The van der Waals surface area contributed by atoms with E-state index in [9.17, 15) is 5.26 Å². The highest BCUT2D eigenvalue weighted by atomic mass is 79.9. The Labute approximate surface area is 130 Å². The SMILES string of the molecule is N#CC1=C(N)Oc2cc(N)ccc2[C@H]1c1ccc(Br)cc1. The summed E-state index contributed by atoms with van der Waals surface area (Å²) in [5, 5.41) is 9.43. The Morgan fingerprint density at radius 2 is 1.81 bits per heavy atom. The molecule has 0 bridgehead atoms. The summed E-state index contributed by atoms with van der Waals surface area (Å²) in [7, 11) is 0. The number of nitrogens with zero attached hydrogens (tertiary/aromatic N) is 1. The fraction of sp³-hybridized carbons (Fsp3) is 0.0625. The number of ether oxygens (including phenoxy) is 1. The zero-order valence-electron chi connectivity index (χ0n) is 11.0. The minimum atomic E-state index is -0.243. The van der Waals surface area contributed by atoms with Gasteiger partial charge in [-0.2, -0.15) is 5.26 Å². The van der Waals surface area contributed by atoms with Crippen molar-refractivity contribution in [1.82, 2.24) is 0 Å². The Balaban J connectivity index is 2.21. The minimum absolute atomic E-state index is 0.128. The molecule has 21 heavy (non-hydrogen) atoms. The molecular weight excluding hydrogens is 330 g/mol. The fourth-order valence-electron chi connectivity index (χ4n) is 2.47. The van der Waals surface area contributed by atoms with E-state index in [0.29, 0.717) is 17.0 Å². The van der Waals surface area contributed by atoms with Crippen LogP contribution in [0.2, 0.25) is 0 Å². The van der Waals surface area contributed by atoms with Crippen LogP contribution >= 0.6 is 15.9 Å². The summed E-state index contributed by atoms with van der Waals surface area (Å²) in [6.07, 6.45) is 0. The smallest absolute Gasteiger partial charge is 0.205 e. The standard InChI is InChI=1S/C16H12BrN3O/c17-10-3-1-9(2-4-10)15-12-6-5-11(19)7-14(12)21-16(20)13(15)8-18/h1-7,15H,19-20H2/t15-/m1/s1. The third-order valence-corrected chi connectivity index (χ3v) is 3.98. The first-order valence-electron chi connectivity index (χ1n) is 6.32. The lowest BCUT2D eigenvalue weighted by Gasteiger charge is -2.26. The van der Waals surface area contributed by atoms with E-state index in [4.69, 9.17) is 16.2 Å². The lowest BCUT2D eigenvalue weighted by Crippen LogP contribution is -2.21. The van der Waals surface area contributed by atoms with E-state index in [1.165, 1.54) is 0 Å². The predicted octanol–water partition coefficient (Wildman–Crippen LogP) is 3.25. The van der Waals surface area contributed by atoms with Crippen molar-refractivity contribution in [3.63, 3.8) is 0 Å². The summed E-state index contributed by atoms with van der Waals surface area (Å²) < 4.78 is 6.52. The molecule has 0 spiro atoms. The van der Waals surface area contributed by atoms with Crippen molar-refractivity contribution in [3.05, 3.63) is 69.5 Å². The van der Waals surface area contributed by atoms with Gasteiger partial charge in [0.2, 0.25) is 5.88 Å². The van der Waals surface area contributed by atoms with Gasteiger partial charge in [-0.3, -0.25) is 0 Å². The van der Waals surface area contributed by atoms with Gasteiger partial charge >= 0.3 is 0 Å². The van der Waals surface area contributed by atoms with Gasteiger partial charge in [-0.15, -0.1) is 0 Å². The Bertz CT molecular complexity index is 775. The van der Waals surface area contributed by atoms with Gasteiger partial charge in [-0.25, -0.2) is 0 Å². The van der Waals surface area contributed by atoms with Gasteiger partial charge in [-0.05, 0) is 23.8 Å². The van der Waals surface area contributed by atoms with Crippen LogP contribution in [-0.2, 0) is 0 Å². The Hall–Kier alpha value is -2.45. The van der Waals surface area contributed by atoms with Crippen molar-refractivity contribution in [1.29, 1.82) is 5.26 Å². The minimum Gasteiger partial charge on any atom is -0.440 e. The topological polar surface area (TPSA) is 85.1 Å². The number of benzene rings is 2. The van der Waals surface area contributed by atoms with Crippen molar-refractivity contribution in [2.24, 2.45) is 5.73 Å². The van der Waals surface area contributed by atoms with Crippen LogP contribution in [0.5, 0.6) is 5.75 Å². The number of hydrogen-bond acceptors (Lipinski definition) is 4. The summed E-state index contributed by atoms with van der Waals surface area (Å²) in [4.78, 5) is 0. The number of rotatable bonds is 1. The Morgan fingerprint density at radius 3 is 2.48 bits per heavy atom. The van der Waals surface area contributed by atoms with Crippen LogP contribution in [0.25, 0.3) is 0 Å². The Kier molecular flexibility index (Phi) is 3.32. The van der Waals surface area contributed by atoms with E-state index in [0.717, 1.165) is 15.6 Å². The molecule has 5 heteroatoms. The van der Waals surface area contributed by atoms with Gasteiger partial charge in [-0.1, -0.05) is 34.1 Å². The van der Waals surface area contributed by atoms with E-state index < -0.39 is 0 Å². The molecule has 2 aromatic rings. The second-order valence-electron chi connectivity index (χ2n) is 4.77. The molecule has 0 aliphatic carbocycles. The average Bonchev–Trinajstić information content (AvgIpc) is 2.46. The lowest BCUT2D eigenvalue weighted by molar-refractivity contribution is 0.394. The third-order valence-electron chi connectivity index (χ3n) is 3.45. The maximum absolute atomic E-state index is 9.43. The zero-order chi connectivity index (χ0) is 15.0. The summed E-state index contributed by atoms with van der Waals surface area (Å²) >= 11 is 3.41. The lowest BCUT2D eigenvalue weighted by atomic mass is 9.83. The van der Waals surface area contributed by atoms with Gasteiger partial charge in [0, 0.05) is 21.8 Å². The van der Waals surface area contributed by atoms with Crippen molar-refractivity contribution >= 4 is 21.6 Å². The monoisotopic (exact) mass is 341 g/mol. The molecule has 1 aliphatic rings. The molecule has 104 valence electrons. The first kappa shape index (κ1) is 13.5. The molecule has 3 rings (SSSR count). The molecule has 1 aliphatic heterocycles. The maximum Gasteiger partial charge on any atom is 0.205 e. The molecule has 2 aromatic carbocycles. The second-order valence-corrected chi connectivity index (χ2v) is 5.69. The van der Waals surface area contributed by atoms with Gasteiger partial charge in [0.25, 0.3) is 0 Å². The first-order chi connectivity index (χ1) is 10.1. The number of hydrogen-bond donors (Lipinski definition) is 2. The second kappa shape index (κ2) is 5.15. The van der Waals surface area contributed by atoms with E-state index >= 15 is 0 Å². The summed E-state index contributed by atoms with van der Waals surface area (Å²) in [5.74, 6) is 0.482. The van der Waals surface area contributed by atoms with Gasteiger partial charge < -0.3 is 16.2 Å². The van der Waals surface area contributed by atoms with Crippen LogP contribution in [0.1, 0.15) is 17.0 Å². The Morgan fingerprint density at radius 1 is 1.10 bits per heavy atom. The van der Waals surface area contributed by atoms with Crippen LogP contribution in [0.15, 0.2) is 58.4 Å². The van der Waals surface area contributed by atoms with E-state index in [-0.39, 0.29) is 11.8 Å². The van der Waals surface area contributed by atoms with E-state index in [1.807, 2.05) is 30.3 Å². The molecule has 1 heterocycles. The first-order valence-corrected chi connectivity index (χ1v) is 7.12. The summed E-state index contributed by atoms with van der Waals surface area (Å²) in [6.45, 7) is 0. The fourth-order valence-corrected chi connectivity index (χ4v) is 2.73. The molecule has 0 saturated heterocycles. The number of nitriles is 1. The molecule has 0 radical (unpaired) electrons. The highest BCUT2D eigenvalue weighted by Gasteiger charge is 2.30. The normalized spacial score (nSPS) is 16.9. The average molecular weight is 342 g/mol. The molecular formula is C16H12BrN3O. The van der Waals surface area contributed by atoms with Crippen molar-refractivity contribution < 1.29 is 4.74 Å². The summed E-state index contributed by atoms with van der Waals surface area (Å²) in [5.41, 5.74) is 14.6. The van der Waals surface area contributed by atoms with Crippen LogP contribution in [0, 0.1) is 11.3 Å². The van der Waals surface area contributed by atoms with Crippen molar-refractivity contribution in [2.45, 2.75) is 5.92 Å². The number of allylic oxidation sites excluding steroid dienone is 1. The van der Waals surface area contributed by atoms with Crippen LogP contribution in [0.4, 0.5) is 5.69 Å². The molecule has 4 nitrogen and oxygen atoms in total. The predicted molar refractivity (Wildman–Crippen MR) is 84.3 cm³/mol. The number of fused-ring (bicyclic) bond motifs is 1. The van der Waals surface area contributed by atoms with Gasteiger partial charge in [0.15, 0.2) is 0 Å². The van der Waals surface area contributed by atoms with Crippen LogP contribution in [-0.4, -0.2) is 0 Å². The quantitative estimate of drug-likeness (QED) is 0.779. The highest BCUT2D eigenvalue weighted by Crippen LogP contribution is 2.42. The zero-order valence-corrected chi connectivity index (χ0v) is 12.6. The molecule has 4 N–H and O–H groups in total. The van der Waals surface area contributed by atoms with Crippen molar-refractivity contribution in [3.8, 4) is 11.8 Å². The molecule has 0 amide bonds. The summed E-state index contributed by atoms with van der Waals surface area (Å²) in [6, 6.07) is 15.4. The van der Waals surface area contributed by atoms with Crippen LogP contribution < -0.4 is 16.2 Å². The molecule has 0 fully saturated rings. The largest absolute Gasteiger partial charge is 0.440 e. The number of nitrogens with two attached hydrogens (primary N) is 2. The molecule has 0 aromatic heterocycles. The maximum atomic E-state index is 9.43. The van der Waals surface area contributed by atoms with E-state index in [1.54, 1.807) is 12.1 Å². The molecule has 0 saturated carbocycles. The van der Waals surface area contributed by atoms with Crippen LogP contribution in [0.3, 0.4) is 0 Å². The number of anilines is 1. The van der Waals surface area contributed by atoms with Gasteiger partial charge in [0.05, 0.1) is 5.92 Å². The van der Waals surface area contributed by atoms with Crippen molar-refractivity contribution in [2.75, 3.05) is 5.73 Å². The third kappa shape index (κ3) is 2.34. The van der Waals surface area contributed by atoms with E-state index in [2.05, 4.69) is 22.0 Å². The highest BCUT2D eigenvalue weighted by molar-refractivity contribution is 9.10. The number of halogens is 1. The molecule has 1 atom stereocenters. The number of nitrogen functional groups attached to an aromatic ring is 1. The molecule has 0 unspecified atom stereocenters.